The van der Waals surface area contributed by atoms with Gasteiger partial charge < -0.3 is 10.0 Å². The average Bonchev–Trinajstić information content (AvgIpc) is 2.38. The lowest BCUT2D eigenvalue weighted by molar-refractivity contribution is 0.0846. The predicted octanol–water partition coefficient (Wildman–Crippen LogP) is 2.83. The van der Waals surface area contributed by atoms with Crippen LogP contribution in [0.1, 0.15) is 48.5 Å². The zero-order chi connectivity index (χ0) is 15.1. The van der Waals surface area contributed by atoms with Crippen molar-refractivity contribution in [1.29, 1.82) is 0 Å². The van der Waals surface area contributed by atoms with Gasteiger partial charge in [-0.3, -0.25) is 4.79 Å². The Hall–Kier alpha value is -1.26. The first kappa shape index (κ1) is 16.8. The summed E-state index contributed by atoms with van der Waals surface area (Å²) in [5.74, 6) is -0.139. The maximum Gasteiger partial charge on any atom is 0.150 e. The van der Waals surface area contributed by atoms with Crippen molar-refractivity contribution in [2.75, 3.05) is 20.1 Å². The van der Waals surface area contributed by atoms with Crippen LogP contribution in [0.25, 0.3) is 0 Å². The molecule has 1 fully saturated rings. The second-order valence-electron chi connectivity index (χ2n) is 5.61. The Morgan fingerprint density at radius 2 is 2.15 bits per heavy atom. The molecule has 0 aromatic heterocycles. The van der Waals surface area contributed by atoms with E-state index in [1.165, 1.54) is 6.07 Å². The number of aliphatic hydroxyl groups is 1. The van der Waals surface area contributed by atoms with E-state index in [1.807, 2.05) is 20.9 Å². The van der Waals surface area contributed by atoms with Crippen LogP contribution in [0.4, 0.5) is 4.39 Å². The van der Waals surface area contributed by atoms with E-state index in [0.29, 0.717) is 17.4 Å². The Bertz CT molecular complexity index is 426. The van der Waals surface area contributed by atoms with Crippen LogP contribution in [-0.4, -0.2) is 42.5 Å². The molecule has 4 heteroatoms. The van der Waals surface area contributed by atoms with Gasteiger partial charge in [0.25, 0.3) is 0 Å². The van der Waals surface area contributed by atoms with Crippen LogP contribution in [0, 0.1) is 5.82 Å². The number of aldehydes is 1. The molecule has 20 heavy (non-hydrogen) atoms. The molecule has 3 nitrogen and oxygen atoms in total. The Kier molecular flexibility index (Phi) is 6.82. The normalized spacial score (nSPS) is 19.4. The Labute approximate surface area is 120 Å². The Balaban J connectivity index is 0.000000217. The Morgan fingerprint density at radius 3 is 2.55 bits per heavy atom. The first-order valence-electron chi connectivity index (χ1n) is 7.05. The lowest BCUT2D eigenvalue weighted by Gasteiger charge is -2.25. The van der Waals surface area contributed by atoms with Gasteiger partial charge in [-0.2, -0.15) is 0 Å². The van der Waals surface area contributed by atoms with Crippen molar-refractivity contribution in [2.24, 2.45) is 0 Å². The van der Waals surface area contributed by atoms with E-state index in [0.717, 1.165) is 25.9 Å². The number of carbonyl (C=O) groups excluding carboxylic acids is 1. The monoisotopic (exact) mass is 281 g/mol. The van der Waals surface area contributed by atoms with Crippen LogP contribution < -0.4 is 0 Å². The van der Waals surface area contributed by atoms with E-state index in [1.54, 1.807) is 12.1 Å². The standard InChI is InChI=1S/C10H11FO.C6H13NO/c1-7(2)9-4-3-8(6-12)5-10(9)11;1-7-4-2-3-6(8)5-7/h3-7H,1-2H3;6,8H,2-5H2,1H3. The molecular weight excluding hydrogens is 257 g/mol. The van der Waals surface area contributed by atoms with E-state index in [-0.39, 0.29) is 17.8 Å². The van der Waals surface area contributed by atoms with Gasteiger partial charge in [0.05, 0.1) is 6.10 Å². The van der Waals surface area contributed by atoms with E-state index in [2.05, 4.69) is 4.90 Å². The van der Waals surface area contributed by atoms with Gasteiger partial charge in [-0.1, -0.05) is 26.0 Å². The van der Waals surface area contributed by atoms with Crippen LogP contribution in [0.15, 0.2) is 18.2 Å². The average molecular weight is 281 g/mol. The van der Waals surface area contributed by atoms with E-state index in [9.17, 15) is 9.18 Å². The molecule has 1 saturated heterocycles. The summed E-state index contributed by atoms with van der Waals surface area (Å²) >= 11 is 0. The number of likely N-dealkylation sites (N-methyl/N-ethyl adjacent to an activating group) is 1. The first-order valence-corrected chi connectivity index (χ1v) is 7.05. The number of aliphatic hydroxyl groups excluding tert-OH is 1. The predicted molar refractivity (Wildman–Crippen MR) is 78.6 cm³/mol. The summed E-state index contributed by atoms with van der Waals surface area (Å²) < 4.78 is 13.1. The van der Waals surface area contributed by atoms with Gasteiger partial charge in [-0.15, -0.1) is 0 Å². The van der Waals surface area contributed by atoms with Crippen molar-refractivity contribution in [3.8, 4) is 0 Å². The number of likely N-dealkylation sites (tertiary alicyclic amines) is 1. The molecule has 1 aromatic rings. The van der Waals surface area contributed by atoms with Crippen molar-refractivity contribution in [1.82, 2.24) is 4.90 Å². The third-order valence-electron chi connectivity index (χ3n) is 3.38. The van der Waals surface area contributed by atoms with Crippen molar-refractivity contribution in [3.05, 3.63) is 35.1 Å². The molecule has 2 rings (SSSR count). The SMILES string of the molecule is CC(C)c1ccc(C=O)cc1F.CN1CCCC(O)C1. The maximum absolute atomic E-state index is 13.1. The molecule has 1 unspecified atom stereocenters. The van der Waals surface area contributed by atoms with Gasteiger partial charge in [0.2, 0.25) is 0 Å². The second-order valence-corrected chi connectivity index (χ2v) is 5.61. The summed E-state index contributed by atoms with van der Waals surface area (Å²) in [5, 5.41) is 9.04. The fourth-order valence-corrected chi connectivity index (χ4v) is 2.22. The minimum atomic E-state index is -0.297. The van der Waals surface area contributed by atoms with Crippen LogP contribution in [-0.2, 0) is 0 Å². The molecule has 0 amide bonds. The zero-order valence-corrected chi connectivity index (χ0v) is 12.5. The van der Waals surface area contributed by atoms with Gasteiger partial charge >= 0.3 is 0 Å². The number of nitrogens with zero attached hydrogens (tertiary/aromatic N) is 1. The summed E-state index contributed by atoms with van der Waals surface area (Å²) in [7, 11) is 2.04. The molecule has 0 saturated carbocycles. The molecule has 0 aliphatic carbocycles. The highest BCUT2D eigenvalue weighted by Gasteiger charge is 2.12. The van der Waals surface area contributed by atoms with Crippen molar-refractivity contribution < 1.29 is 14.3 Å². The number of halogens is 1. The molecule has 1 N–H and O–H groups in total. The van der Waals surface area contributed by atoms with Gasteiger partial charge in [0.15, 0.2) is 0 Å². The van der Waals surface area contributed by atoms with E-state index in [4.69, 9.17) is 5.11 Å². The number of carbonyl (C=O) groups is 1. The van der Waals surface area contributed by atoms with Crippen LogP contribution in [0.3, 0.4) is 0 Å². The highest BCUT2D eigenvalue weighted by Crippen LogP contribution is 2.18. The van der Waals surface area contributed by atoms with Gasteiger partial charge in [0, 0.05) is 12.1 Å². The smallest absolute Gasteiger partial charge is 0.150 e. The topological polar surface area (TPSA) is 40.5 Å². The summed E-state index contributed by atoms with van der Waals surface area (Å²) in [6, 6.07) is 4.55. The third kappa shape index (κ3) is 5.39. The molecule has 112 valence electrons. The molecule has 0 bridgehead atoms. The lowest BCUT2D eigenvalue weighted by atomic mass is 10.0. The number of hydrogen-bond donors (Lipinski definition) is 1. The van der Waals surface area contributed by atoms with Crippen molar-refractivity contribution >= 4 is 6.29 Å². The number of benzene rings is 1. The summed E-state index contributed by atoms with van der Waals surface area (Å²) in [6.07, 6.45) is 2.73. The molecule has 1 atom stereocenters. The summed E-state index contributed by atoms with van der Waals surface area (Å²) in [6.45, 7) is 5.84. The number of piperidine rings is 1. The fraction of sp³-hybridized carbons (Fsp3) is 0.562. The van der Waals surface area contributed by atoms with Gasteiger partial charge in [-0.25, -0.2) is 4.39 Å². The summed E-state index contributed by atoms with van der Waals surface area (Å²) in [5.41, 5.74) is 1.04. The largest absolute Gasteiger partial charge is 0.392 e. The third-order valence-corrected chi connectivity index (χ3v) is 3.38. The van der Waals surface area contributed by atoms with Gasteiger partial charge in [-0.05, 0) is 44.0 Å². The highest BCUT2D eigenvalue weighted by molar-refractivity contribution is 5.74. The molecular formula is C16H24FNO2. The molecule has 1 aromatic carbocycles. The fourth-order valence-electron chi connectivity index (χ4n) is 2.22. The van der Waals surface area contributed by atoms with Crippen molar-refractivity contribution in [2.45, 2.75) is 38.7 Å². The quantitative estimate of drug-likeness (QED) is 0.847. The molecule has 0 spiro atoms. The number of rotatable bonds is 2. The molecule has 1 heterocycles. The van der Waals surface area contributed by atoms with Crippen LogP contribution >= 0.6 is 0 Å². The minimum Gasteiger partial charge on any atom is -0.392 e. The van der Waals surface area contributed by atoms with E-state index < -0.39 is 0 Å². The van der Waals surface area contributed by atoms with E-state index >= 15 is 0 Å². The number of hydrogen-bond acceptors (Lipinski definition) is 3. The zero-order valence-electron chi connectivity index (χ0n) is 12.5. The molecule has 1 aliphatic heterocycles. The second kappa shape index (κ2) is 8.12. The number of β-amino-alcohol motifs (C(OH)–C–C–N with tert-alkyl or cyclic N) is 1. The first-order chi connectivity index (χ1) is 9.43. The van der Waals surface area contributed by atoms with Crippen molar-refractivity contribution in [3.63, 3.8) is 0 Å². The summed E-state index contributed by atoms with van der Waals surface area (Å²) in [4.78, 5) is 12.4. The van der Waals surface area contributed by atoms with Crippen LogP contribution in [0.5, 0.6) is 0 Å². The molecule has 1 aliphatic rings. The van der Waals surface area contributed by atoms with Gasteiger partial charge in [0.1, 0.15) is 12.1 Å². The lowest BCUT2D eigenvalue weighted by Crippen LogP contribution is -2.34. The van der Waals surface area contributed by atoms with Crippen LogP contribution in [0.2, 0.25) is 0 Å². The Morgan fingerprint density at radius 1 is 1.45 bits per heavy atom. The molecule has 0 radical (unpaired) electrons. The maximum atomic E-state index is 13.1. The highest BCUT2D eigenvalue weighted by atomic mass is 19.1. The minimum absolute atomic E-state index is 0.0613.